The van der Waals surface area contributed by atoms with Gasteiger partial charge in [0, 0.05) is 31.9 Å². The van der Waals surface area contributed by atoms with E-state index in [2.05, 4.69) is 33.9 Å². The molecular weight excluding hydrogens is 442 g/mol. The van der Waals surface area contributed by atoms with E-state index in [0.29, 0.717) is 26.2 Å². The van der Waals surface area contributed by atoms with Gasteiger partial charge in [-0.2, -0.15) is 12.7 Å². The zero-order valence-corrected chi connectivity index (χ0v) is 19.0. The molecule has 2 N–H and O–H groups in total. The molecule has 9 heteroatoms. The Kier molecular flexibility index (Phi) is 6.52. The van der Waals surface area contributed by atoms with E-state index in [4.69, 9.17) is 9.84 Å². The minimum absolute atomic E-state index is 0.0149. The van der Waals surface area contributed by atoms with Crippen molar-refractivity contribution >= 4 is 27.6 Å². The van der Waals surface area contributed by atoms with E-state index in [1.165, 1.54) is 29.6 Å². The van der Waals surface area contributed by atoms with Crippen LogP contribution in [0.15, 0.2) is 72.8 Å². The molecular formula is C24H25N3O5S. The predicted molar refractivity (Wildman–Crippen MR) is 128 cm³/mol. The Morgan fingerprint density at radius 1 is 0.909 bits per heavy atom. The molecule has 0 aromatic heterocycles. The van der Waals surface area contributed by atoms with Crippen LogP contribution in [0.4, 0.5) is 11.4 Å². The van der Waals surface area contributed by atoms with Crippen LogP contribution >= 0.6 is 0 Å². The molecule has 33 heavy (non-hydrogen) atoms. The number of nitrogens with one attached hydrogen (secondary N) is 1. The monoisotopic (exact) mass is 467 g/mol. The van der Waals surface area contributed by atoms with Crippen LogP contribution in [0, 0.1) is 0 Å². The SMILES string of the molecule is COc1cc(C(=O)O)ccc1NS(=O)(=O)N1CCN(c2cccc(-c3ccccc3)c2)CC1. The Hall–Kier alpha value is -3.56. The van der Waals surface area contributed by atoms with Gasteiger partial charge >= 0.3 is 16.2 Å². The number of hydrogen-bond acceptors (Lipinski definition) is 5. The molecule has 1 aliphatic rings. The third kappa shape index (κ3) is 5.10. The molecule has 0 unspecified atom stereocenters. The van der Waals surface area contributed by atoms with E-state index in [1.807, 2.05) is 30.3 Å². The molecule has 3 aromatic rings. The average molecular weight is 468 g/mol. The van der Waals surface area contributed by atoms with Gasteiger partial charge in [0.1, 0.15) is 5.75 Å². The van der Waals surface area contributed by atoms with E-state index in [1.54, 1.807) is 0 Å². The molecule has 1 saturated heterocycles. The van der Waals surface area contributed by atoms with E-state index in [0.717, 1.165) is 16.8 Å². The number of methoxy groups -OCH3 is 1. The van der Waals surface area contributed by atoms with Crippen molar-refractivity contribution in [3.63, 3.8) is 0 Å². The van der Waals surface area contributed by atoms with Crippen molar-refractivity contribution in [2.45, 2.75) is 0 Å². The smallest absolute Gasteiger partial charge is 0.335 e. The van der Waals surface area contributed by atoms with Gasteiger partial charge < -0.3 is 14.7 Å². The summed E-state index contributed by atoms with van der Waals surface area (Å²) in [6.45, 7) is 1.74. The van der Waals surface area contributed by atoms with Gasteiger partial charge in [0.25, 0.3) is 0 Å². The molecule has 1 aliphatic heterocycles. The highest BCUT2D eigenvalue weighted by Crippen LogP contribution is 2.29. The van der Waals surface area contributed by atoms with Crippen LogP contribution in [0.5, 0.6) is 5.75 Å². The van der Waals surface area contributed by atoms with Crippen molar-refractivity contribution in [1.82, 2.24) is 4.31 Å². The van der Waals surface area contributed by atoms with Crippen molar-refractivity contribution in [2.24, 2.45) is 0 Å². The lowest BCUT2D eigenvalue weighted by Gasteiger charge is -2.35. The number of hydrogen-bond donors (Lipinski definition) is 2. The number of aromatic carboxylic acids is 1. The Bertz CT molecular complexity index is 1240. The minimum atomic E-state index is -3.83. The number of carboxylic acids is 1. The van der Waals surface area contributed by atoms with Crippen LogP contribution < -0.4 is 14.4 Å². The highest BCUT2D eigenvalue weighted by atomic mass is 32.2. The Morgan fingerprint density at radius 3 is 2.27 bits per heavy atom. The number of carboxylic acid groups (broad SMARTS) is 1. The molecule has 0 saturated carbocycles. The lowest BCUT2D eigenvalue weighted by molar-refractivity contribution is 0.0696. The molecule has 0 amide bonds. The van der Waals surface area contributed by atoms with Crippen molar-refractivity contribution in [3.05, 3.63) is 78.4 Å². The molecule has 8 nitrogen and oxygen atoms in total. The standard InChI is InChI=1S/C24H25N3O5S/c1-32-23-17-20(24(28)29)10-11-22(23)25-33(30,31)27-14-12-26(13-15-27)21-9-5-8-19(16-21)18-6-3-2-4-7-18/h2-11,16-17,25H,12-15H2,1H3,(H,28,29). The lowest BCUT2D eigenvalue weighted by atomic mass is 10.0. The first kappa shape index (κ1) is 22.6. The largest absolute Gasteiger partial charge is 0.495 e. The quantitative estimate of drug-likeness (QED) is 0.552. The second kappa shape index (κ2) is 9.51. The first-order valence-corrected chi connectivity index (χ1v) is 11.9. The maximum absolute atomic E-state index is 12.9. The summed E-state index contributed by atoms with van der Waals surface area (Å²) < 4.78 is 35.0. The Labute approximate surface area is 193 Å². The number of benzene rings is 3. The number of carbonyl (C=O) groups is 1. The van der Waals surface area contributed by atoms with Gasteiger partial charge in [-0.05, 0) is 41.5 Å². The molecule has 1 fully saturated rings. The third-order valence-corrected chi connectivity index (χ3v) is 7.11. The number of piperazine rings is 1. The van der Waals surface area contributed by atoms with Crippen LogP contribution in [0.1, 0.15) is 10.4 Å². The van der Waals surface area contributed by atoms with Crippen molar-refractivity contribution in [2.75, 3.05) is 42.9 Å². The summed E-state index contributed by atoms with van der Waals surface area (Å²) in [5.74, 6) is -0.968. The molecule has 0 aliphatic carbocycles. The molecule has 0 spiro atoms. The van der Waals surface area contributed by atoms with E-state index >= 15 is 0 Å². The number of anilines is 2. The van der Waals surface area contributed by atoms with Gasteiger partial charge in [0.2, 0.25) is 0 Å². The fourth-order valence-corrected chi connectivity index (χ4v) is 5.03. The summed E-state index contributed by atoms with van der Waals surface area (Å²) in [6, 6.07) is 22.4. The fraction of sp³-hybridized carbons (Fsp3) is 0.208. The topological polar surface area (TPSA) is 99.2 Å². The van der Waals surface area contributed by atoms with E-state index < -0.39 is 16.2 Å². The van der Waals surface area contributed by atoms with Crippen LogP contribution in [0.3, 0.4) is 0 Å². The Balaban J connectivity index is 1.44. The van der Waals surface area contributed by atoms with Crippen LogP contribution in [0.25, 0.3) is 11.1 Å². The normalized spacial score (nSPS) is 14.6. The first-order valence-electron chi connectivity index (χ1n) is 10.5. The summed E-state index contributed by atoms with van der Waals surface area (Å²) in [5.41, 5.74) is 3.50. The molecule has 3 aromatic carbocycles. The van der Waals surface area contributed by atoms with Crippen molar-refractivity contribution < 1.29 is 23.1 Å². The van der Waals surface area contributed by atoms with Gasteiger partial charge in [-0.15, -0.1) is 0 Å². The highest BCUT2D eigenvalue weighted by Gasteiger charge is 2.28. The summed E-state index contributed by atoms with van der Waals surface area (Å²) in [5, 5.41) is 9.13. The molecule has 0 bridgehead atoms. The van der Waals surface area contributed by atoms with Gasteiger partial charge in [-0.25, -0.2) is 4.79 Å². The van der Waals surface area contributed by atoms with Crippen LogP contribution in [-0.2, 0) is 10.2 Å². The summed E-state index contributed by atoms with van der Waals surface area (Å²) in [4.78, 5) is 13.3. The van der Waals surface area contributed by atoms with E-state index in [9.17, 15) is 13.2 Å². The van der Waals surface area contributed by atoms with Gasteiger partial charge in [0.15, 0.2) is 0 Å². The van der Waals surface area contributed by atoms with Crippen molar-refractivity contribution in [3.8, 4) is 16.9 Å². The van der Waals surface area contributed by atoms with E-state index in [-0.39, 0.29) is 17.0 Å². The van der Waals surface area contributed by atoms with Crippen LogP contribution in [-0.4, -0.2) is 57.1 Å². The highest BCUT2D eigenvalue weighted by molar-refractivity contribution is 7.90. The summed E-state index contributed by atoms with van der Waals surface area (Å²) in [6.07, 6.45) is 0. The number of nitrogens with zero attached hydrogens (tertiary/aromatic N) is 2. The van der Waals surface area contributed by atoms with Crippen molar-refractivity contribution in [1.29, 1.82) is 0 Å². The molecule has 0 radical (unpaired) electrons. The molecule has 172 valence electrons. The number of rotatable bonds is 7. The fourth-order valence-electron chi connectivity index (χ4n) is 3.81. The van der Waals surface area contributed by atoms with Crippen LogP contribution in [0.2, 0.25) is 0 Å². The third-order valence-electron chi connectivity index (χ3n) is 5.58. The van der Waals surface area contributed by atoms with Gasteiger partial charge in [-0.3, -0.25) is 4.72 Å². The maximum atomic E-state index is 12.9. The minimum Gasteiger partial charge on any atom is -0.495 e. The lowest BCUT2D eigenvalue weighted by Crippen LogP contribution is -2.50. The first-order chi connectivity index (χ1) is 15.9. The molecule has 4 rings (SSSR count). The summed E-state index contributed by atoms with van der Waals surface area (Å²) >= 11 is 0. The van der Waals surface area contributed by atoms with Gasteiger partial charge in [0.05, 0.1) is 18.4 Å². The maximum Gasteiger partial charge on any atom is 0.335 e. The van der Waals surface area contributed by atoms with Gasteiger partial charge in [-0.1, -0.05) is 42.5 Å². The predicted octanol–water partition coefficient (Wildman–Crippen LogP) is 3.54. The second-order valence-electron chi connectivity index (χ2n) is 7.63. The average Bonchev–Trinajstić information content (AvgIpc) is 2.84. The summed E-state index contributed by atoms with van der Waals surface area (Å²) in [7, 11) is -2.47. The Morgan fingerprint density at radius 2 is 1.61 bits per heavy atom. The number of ether oxygens (including phenoxy) is 1. The zero-order valence-electron chi connectivity index (χ0n) is 18.1. The molecule has 1 heterocycles. The second-order valence-corrected chi connectivity index (χ2v) is 9.30. The molecule has 0 atom stereocenters. The zero-order chi connectivity index (χ0) is 23.4.